The van der Waals surface area contributed by atoms with Gasteiger partial charge >= 0.3 is 0 Å². The summed E-state index contributed by atoms with van der Waals surface area (Å²) in [5.41, 5.74) is 7.37. The first kappa shape index (κ1) is 25.8. The van der Waals surface area contributed by atoms with Gasteiger partial charge in [-0.25, -0.2) is 4.39 Å². The van der Waals surface area contributed by atoms with Crippen LogP contribution < -0.4 is 5.73 Å². The number of aliphatic imine (C=N–C) groups is 1. The number of nitrogens with zero attached hydrogens (tertiary/aromatic N) is 1. The largest absolute Gasteiger partial charge is 0.500 e. The van der Waals surface area contributed by atoms with Crippen LogP contribution in [0.4, 0.5) is 10.1 Å². The van der Waals surface area contributed by atoms with E-state index in [1.807, 2.05) is 13.0 Å². The Morgan fingerprint density at radius 1 is 1.46 bits per heavy atom. The number of anilines is 1. The van der Waals surface area contributed by atoms with E-state index in [9.17, 15) is 9.18 Å². The summed E-state index contributed by atoms with van der Waals surface area (Å²) >= 11 is 8.93. The molecule has 0 atom stereocenters. The minimum absolute atomic E-state index is 0.344. The fraction of sp³-hybridized carbons (Fsp3) is 0.238. The molecule has 1 aromatic rings. The molecule has 0 aliphatic heterocycles. The van der Waals surface area contributed by atoms with Crippen molar-refractivity contribution >= 4 is 45.7 Å². The Bertz CT molecular complexity index is 805. The van der Waals surface area contributed by atoms with E-state index in [1.54, 1.807) is 25.1 Å². The van der Waals surface area contributed by atoms with Gasteiger partial charge < -0.3 is 10.5 Å². The lowest BCUT2D eigenvalue weighted by Crippen LogP contribution is -1.95. The average molecular weight is 472 g/mol. The lowest BCUT2D eigenvalue weighted by atomic mass is 10.1. The minimum Gasteiger partial charge on any atom is -0.500 e. The van der Waals surface area contributed by atoms with Gasteiger partial charge in [-0.2, -0.15) is 0 Å². The van der Waals surface area contributed by atoms with E-state index in [-0.39, 0.29) is 5.83 Å². The first-order valence-electron chi connectivity index (χ1n) is 8.36. The first-order valence-corrected chi connectivity index (χ1v) is 9.53. The number of ether oxygens (including phenoxy) is 1. The zero-order valence-electron chi connectivity index (χ0n) is 16.4. The molecule has 0 heterocycles. The molecule has 0 aliphatic rings. The Kier molecular flexibility index (Phi) is 12.8. The standard InChI is InChI=1S/C15H20FNO2.C6H5BrClN/c1-6-13(10-18)9-17-12(4)14(8-11(3)16)15(7-2)19-5;7-5-2-1-4(9)3-6(5)8/h6,8-10H,4,7H2,1-3,5H3;1-3H,9H2/b11-8+,13-6+,15-14-,17-9?;. The van der Waals surface area contributed by atoms with E-state index in [0.29, 0.717) is 46.0 Å². The molecule has 0 fully saturated rings. The summed E-state index contributed by atoms with van der Waals surface area (Å²) < 4.78 is 19.2. The van der Waals surface area contributed by atoms with Crippen molar-refractivity contribution in [3.63, 3.8) is 0 Å². The van der Waals surface area contributed by atoms with E-state index in [2.05, 4.69) is 27.5 Å². The number of methoxy groups -OCH3 is 1. The normalized spacial score (nSPS) is 12.8. The third-order valence-electron chi connectivity index (χ3n) is 3.30. The number of allylic oxidation sites excluding steroid dienone is 5. The molecule has 0 saturated carbocycles. The van der Waals surface area contributed by atoms with Gasteiger partial charge in [0.05, 0.1) is 23.7 Å². The fourth-order valence-corrected chi connectivity index (χ4v) is 2.31. The van der Waals surface area contributed by atoms with Crippen molar-refractivity contribution in [1.29, 1.82) is 0 Å². The number of halogens is 3. The molecule has 4 nitrogen and oxygen atoms in total. The molecule has 0 aliphatic carbocycles. The number of hydrogen-bond acceptors (Lipinski definition) is 4. The maximum atomic E-state index is 13.1. The molecule has 0 bridgehead atoms. The number of aldehydes is 1. The van der Waals surface area contributed by atoms with Crippen molar-refractivity contribution in [3.05, 3.63) is 74.9 Å². The van der Waals surface area contributed by atoms with Gasteiger partial charge in [0.25, 0.3) is 0 Å². The number of carbonyl (C=O) groups excluding carboxylic acids is 1. The van der Waals surface area contributed by atoms with E-state index in [1.165, 1.54) is 26.3 Å². The van der Waals surface area contributed by atoms with Crippen molar-refractivity contribution in [1.82, 2.24) is 0 Å². The van der Waals surface area contributed by atoms with Crippen LogP contribution in [-0.4, -0.2) is 19.6 Å². The molecule has 0 unspecified atom stereocenters. The third kappa shape index (κ3) is 9.67. The highest BCUT2D eigenvalue weighted by atomic mass is 79.9. The van der Waals surface area contributed by atoms with Gasteiger partial charge in [0, 0.05) is 33.9 Å². The zero-order chi connectivity index (χ0) is 21.7. The molecule has 0 amide bonds. The highest BCUT2D eigenvalue weighted by molar-refractivity contribution is 9.10. The summed E-state index contributed by atoms with van der Waals surface area (Å²) in [4.78, 5) is 14.7. The van der Waals surface area contributed by atoms with E-state index in [4.69, 9.17) is 22.1 Å². The maximum absolute atomic E-state index is 13.1. The molecular formula is C21H25BrClFN2O2. The van der Waals surface area contributed by atoms with E-state index >= 15 is 0 Å². The summed E-state index contributed by atoms with van der Waals surface area (Å²) in [6, 6.07) is 5.30. The van der Waals surface area contributed by atoms with Gasteiger partial charge in [0.2, 0.25) is 0 Å². The number of benzene rings is 1. The smallest absolute Gasteiger partial charge is 0.151 e. The van der Waals surface area contributed by atoms with E-state index < -0.39 is 0 Å². The number of carbonyl (C=O) groups is 1. The van der Waals surface area contributed by atoms with Gasteiger partial charge in [-0.15, -0.1) is 0 Å². The predicted octanol–water partition coefficient (Wildman–Crippen LogP) is 6.58. The summed E-state index contributed by atoms with van der Waals surface area (Å²) in [7, 11) is 1.51. The van der Waals surface area contributed by atoms with Crippen LogP contribution in [0.15, 0.2) is 74.8 Å². The van der Waals surface area contributed by atoms with Crippen molar-refractivity contribution in [2.75, 3.05) is 12.8 Å². The van der Waals surface area contributed by atoms with Crippen LogP contribution >= 0.6 is 27.5 Å². The lowest BCUT2D eigenvalue weighted by Gasteiger charge is -2.09. The number of nitrogens with two attached hydrogens (primary N) is 1. The van der Waals surface area contributed by atoms with Crippen molar-refractivity contribution < 1.29 is 13.9 Å². The van der Waals surface area contributed by atoms with Crippen molar-refractivity contribution in [2.45, 2.75) is 27.2 Å². The van der Waals surface area contributed by atoms with E-state index in [0.717, 1.165) is 4.47 Å². The summed E-state index contributed by atoms with van der Waals surface area (Å²) in [6.07, 6.45) is 5.61. The molecule has 2 N–H and O–H groups in total. The highest BCUT2D eigenvalue weighted by Crippen LogP contribution is 2.23. The third-order valence-corrected chi connectivity index (χ3v) is 4.54. The second-order valence-corrected chi connectivity index (χ2v) is 6.67. The quantitative estimate of drug-likeness (QED) is 0.122. The second-order valence-electron chi connectivity index (χ2n) is 5.41. The summed E-state index contributed by atoms with van der Waals surface area (Å²) in [5, 5.41) is 0.648. The van der Waals surface area contributed by atoms with Crippen LogP contribution in [0.2, 0.25) is 5.02 Å². The SMILES string of the molecule is C=C(N=C/C(C=O)=C\C)C(/C=C(\C)F)=C(/CC)OC.Nc1ccc(Br)c(Cl)c1. The zero-order valence-corrected chi connectivity index (χ0v) is 18.8. The molecule has 0 spiro atoms. The van der Waals surface area contributed by atoms with Crippen LogP contribution in [-0.2, 0) is 9.53 Å². The maximum Gasteiger partial charge on any atom is 0.151 e. The molecule has 0 radical (unpaired) electrons. The monoisotopic (exact) mass is 470 g/mol. The molecule has 1 rings (SSSR count). The fourth-order valence-electron chi connectivity index (χ4n) is 1.88. The molecule has 0 saturated heterocycles. The Hall–Kier alpha value is -2.18. The van der Waals surface area contributed by atoms with Gasteiger partial charge in [0.15, 0.2) is 6.29 Å². The van der Waals surface area contributed by atoms with Crippen LogP contribution in [0, 0.1) is 0 Å². The summed E-state index contributed by atoms with van der Waals surface area (Å²) in [5.74, 6) is 0.225. The van der Waals surface area contributed by atoms with Crippen LogP contribution in [0.1, 0.15) is 27.2 Å². The Morgan fingerprint density at radius 2 is 2.11 bits per heavy atom. The second kappa shape index (κ2) is 13.9. The topological polar surface area (TPSA) is 64.7 Å². The first-order chi connectivity index (χ1) is 13.2. The summed E-state index contributed by atoms with van der Waals surface area (Å²) in [6.45, 7) is 8.73. The van der Waals surface area contributed by atoms with Gasteiger partial charge in [-0.05, 0) is 54.1 Å². The van der Waals surface area contributed by atoms with Crippen LogP contribution in [0.3, 0.4) is 0 Å². The number of nitrogen functional groups attached to an aromatic ring is 1. The van der Waals surface area contributed by atoms with Gasteiger partial charge in [-0.3, -0.25) is 9.79 Å². The van der Waals surface area contributed by atoms with Gasteiger partial charge in [-0.1, -0.05) is 31.2 Å². The minimum atomic E-state index is -0.365. The lowest BCUT2D eigenvalue weighted by molar-refractivity contribution is -0.104. The Morgan fingerprint density at radius 3 is 2.50 bits per heavy atom. The Balaban J connectivity index is 0.000000668. The molecule has 7 heteroatoms. The van der Waals surface area contributed by atoms with Gasteiger partial charge in [0.1, 0.15) is 5.76 Å². The molecular weight excluding hydrogens is 447 g/mol. The average Bonchev–Trinajstić information content (AvgIpc) is 2.66. The van der Waals surface area contributed by atoms with Crippen molar-refractivity contribution in [3.8, 4) is 0 Å². The number of rotatable bonds is 7. The Labute approximate surface area is 179 Å². The highest BCUT2D eigenvalue weighted by Gasteiger charge is 2.07. The molecule has 152 valence electrons. The van der Waals surface area contributed by atoms with Crippen molar-refractivity contribution in [2.24, 2.45) is 4.99 Å². The van der Waals surface area contributed by atoms with Crippen LogP contribution in [0.5, 0.6) is 0 Å². The number of hydrogen-bond donors (Lipinski definition) is 1. The molecule has 0 aromatic heterocycles. The molecule has 1 aromatic carbocycles. The molecule has 28 heavy (non-hydrogen) atoms. The van der Waals surface area contributed by atoms with Crippen LogP contribution in [0.25, 0.3) is 0 Å². The predicted molar refractivity (Wildman–Crippen MR) is 120 cm³/mol.